The highest BCUT2D eigenvalue weighted by molar-refractivity contribution is 8.13. The molecule has 2 aliphatic rings. The van der Waals surface area contributed by atoms with Gasteiger partial charge >= 0.3 is 0 Å². The molecule has 1 atom stereocenters. The van der Waals surface area contributed by atoms with Gasteiger partial charge in [-0.2, -0.15) is 0 Å². The van der Waals surface area contributed by atoms with Crippen LogP contribution < -0.4 is 5.32 Å². The number of carbonyl (C=O) groups is 2. The first-order valence-corrected chi connectivity index (χ1v) is 11.5. The predicted octanol–water partition coefficient (Wildman–Crippen LogP) is 3.90. The van der Waals surface area contributed by atoms with E-state index >= 15 is 0 Å². The second-order valence-corrected chi connectivity index (χ2v) is 9.45. The first-order chi connectivity index (χ1) is 13.6. The molecule has 2 fully saturated rings. The number of piperidine rings is 2. The lowest BCUT2D eigenvalue weighted by Crippen LogP contribution is -2.43. The molecule has 2 aliphatic heterocycles. The highest BCUT2D eigenvalue weighted by Gasteiger charge is 2.30. The summed E-state index contributed by atoms with van der Waals surface area (Å²) >= 11 is 0. The fraction of sp³-hybridized carbons (Fsp3) is 0.500. The zero-order valence-corrected chi connectivity index (χ0v) is 17.5. The molecule has 152 valence electrons. The Bertz CT molecular complexity index is 731. The molecule has 3 rings (SSSR count). The summed E-state index contributed by atoms with van der Waals surface area (Å²) in [5, 5.41) is 5.03. The fourth-order valence-electron chi connectivity index (χ4n) is 3.98. The lowest BCUT2D eigenvalue weighted by atomic mass is 9.95. The van der Waals surface area contributed by atoms with Gasteiger partial charge in [0.2, 0.25) is 11.8 Å². The van der Waals surface area contributed by atoms with Crippen LogP contribution in [0.3, 0.4) is 0 Å². The summed E-state index contributed by atoms with van der Waals surface area (Å²) in [4.78, 5) is 27.5. The topological polar surface area (TPSA) is 52.7 Å². The van der Waals surface area contributed by atoms with E-state index in [0.717, 1.165) is 57.5 Å². The van der Waals surface area contributed by atoms with Crippen LogP contribution in [-0.2, 0) is 9.59 Å². The number of carbonyl (C=O) groups excluding carboxylic acids is 2. The van der Waals surface area contributed by atoms with E-state index < -0.39 is 0 Å². The second kappa shape index (κ2) is 10.0. The largest absolute Gasteiger partial charge is 0.342 e. The van der Waals surface area contributed by atoms with Crippen LogP contribution in [0.15, 0.2) is 41.8 Å². The lowest BCUT2D eigenvalue weighted by molar-refractivity contribution is -0.137. The normalized spacial score (nSPS) is 20.0. The van der Waals surface area contributed by atoms with Gasteiger partial charge in [0.25, 0.3) is 0 Å². The Labute approximate surface area is 170 Å². The van der Waals surface area contributed by atoms with E-state index in [1.165, 1.54) is 17.4 Å². The molecule has 2 heterocycles. The summed E-state index contributed by atoms with van der Waals surface area (Å²) in [6.45, 7) is 9.37. The van der Waals surface area contributed by atoms with Crippen molar-refractivity contribution in [1.82, 2.24) is 9.21 Å². The van der Waals surface area contributed by atoms with Gasteiger partial charge in [0, 0.05) is 42.7 Å². The molecule has 1 N–H and O–H groups in total. The summed E-state index contributed by atoms with van der Waals surface area (Å²) in [5.41, 5.74) is 0.777. The number of likely N-dealkylation sites (tertiary alicyclic amines) is 1. The van der Waals surface area contributed by atoms with Gasteiger partial charge in [-0.1, -0.05) is 17.2 Å². The van der Waals surface area contributed by atoms with E-state index in [-0.39, 0.29) is 22.5 Å². The number of hydrogen-bond acceptors (Lipinski definition) is 3. The molecule has 2 amide bonds. The monoisotopic (exact) mass is 401 g/mol. The Hall–Kier alpha value is -1.92. The molecular weight excluding hydrogens is 370 g/mol. The van der Waals surface area contributed by atoms with Crippen LogP contribution >= 0.6 is 10.7 Å². The minimum absolute atomic E-state index is 0.0863. The smallest absolute Gasteiger partial charge is 0.247 e. The summed E-state index contributed by atoms with van der Waals surface area (Å²) in [7, 11) is -0.0863. The number of amides is 2. The number of hydrogen-bond donors (Lipinski definition) is 1. The van der Waals surface area contributed by atoms with E-state index in [1.54, 1.807) is 0 Å². The van der Waals surface area contributed by atoms with Crippen molar-refractivity contribution in [3.8, 4) is 0 Å². The van der Waals surface area contributed by atoms with Crippen LogP contribution in [-0.4, -0.2) is 52.6 Å². The van der Waals surface area contributed by atoms with Crippen molar-refractivity contribution < 1.29 is 9.59 Å². The van der Waals surface area contributed by atoms with Gasteiger partial charge in [-0.15, -0.1) is 0 Å². The molecule has 5 nitrogen and oxygen atoms in total. The van der Waals surface area contributed by atoms with Crippen molar-refractivity contribution in [2.24, 2.45) is 5.92 Å². The molecule has 1 aromatic carbocycles. The molecule has 0 spiro atoms. The van der Waals surface area contributed by atoms with E-state index in [1.807, 2.05) is 12.1 Å². The zero-order valence-electron chi connectivity index (χ0n) is 16.7. The van der Waals surface area contributed by atoms with Crippen molar-refractivity contribution in [2.75, 3.05) is 31.5 Å². The van der Waals surface area contributed by atoms with E-state index in [0.29, 0.717) is 5.91 Å². The maximum absolute atomic E-state index is 12.8. The minimum Gasteiger partial charge on any atom is -0.342 e. The van der Waals surface area contributed by atoms with Gasteiger partial charge < -0.3 is 10.2 Å². The number of nitrogens with zero attached hydrogens (tertiary/aromatic N) is 2. The highest BCUT2D eigenvalue weighted by atomic mass is 32.2. The molecular formula is C22H31N3O2S. The van der Waals surface area contributed by atoms with Gasteiger partial charge in [-0.3, -0.25) is 13.9 Å². The molecule has 0 bridgehead atoms. The van der Waals surface area contributed by atoms with Crippen LogP contribution in [0.4, 0.5) is 5.69 Å². The van der Waals surface area contributed by atoms with E-state index in [9.17, 15) is 9.59 Å². The van der Waals surface area contributed by atoms with E-state index in [4.69, 9.17) is 0 Å². The number of nitrogens with one attached hydrogen (secondary N) is 1. The average molecular weight is 402 g/mol. The first kappa shape index (κ1) is 20.8. The molecule has 2 saturated heterocycles. The van der Waals surface area contributed by atoms with Crippen molar-refractivity contribution in [3.05, 3.63) is 36.9 Å². The number of anilines is 1. The van der Waals surface area contributed by atoms with Crippen molar-refractivity contribution >= 4 is 33.5 Å². The summed E-state index contributed by atoms with van der Waals surface area (Å²) in [5.74, 6) is 0.365. The molecule has 1 unspecified atom stereocenters. The summed E-state index contributed by atoms with van der Waals surface area (Å²) < 4.78 is 2.48. The van der Waals surface area contributed by atoms with Crippen molar-refractivity contribution in [1.29, 1.82) is 0 Å². The maximum atomic E-state index is 12.8. The summed E-state index contributed by atoms with van der Waals surface area (Å²) in [6, 6.07) is 8.03. The zero-order chi connectivity index (χ0) is 19.9. The maximum Gasteiger partial charge on any atom is 0.247 e. The van der Waals surface area contributed by atoms with Gasteiger partial charge in [-0.25, -0.2) is 0 Å². The molecule has 6 heteroatoms. The lowest BCUT2D eigenvalue weighted by Gasteiger charge is -2.36. The second-order valence-electron chi connectivity index (χ2n) is 7.36. The SMILES string of the molecule is C=CC(=O)Nc1ccc(S(=CC)N2CCC(C(=O)N3CCCCC3)CC2)cc1. The van der Waals surface area contributed by atoms with Crippen LogP contribution in [0.25, 0.3) is 0 Å². The third kappa shape index (κ3) is 5.11. The van der Waals surface area contributed by atoms with Crippen LogP contribution in [0.1, 0.15) is 39.0 Å². The first-order valence-electron chi connectivity index (χ1n) is 10.2. The van der Waals surface area contributed by atoms with Gasteiger partial charge in [0.1, 0.15) is 0 Å². The third-order valence-electron chi connectivity index (χ3n) is 5.52. The minimum atomic E-state index is -0.200. The Morgan fingerprint density at radius 2 is 1.71 bits per heavy atom. The Balaban J connectivity index is 1.58. The molecule has 1 aromatic rings. The van der Waals surface area contributed by atoms with Gasteiger partial charge in [0.05, 0.1) is 0 Å². The Morgan fingerprint density at radius 3 is 2.29 bits per heavy atom. The third-order valence-corrected chi connectivity index (χ3v) is 7.64. The van der Waals surface area contributed by atoms with Crippen LogP contribution in [0.2, 0.25) is 0 Å². The number of benzene rings is 1. The van der Waals surface area contributed by atoms with Crippen molar-refractivity contribution in [3.63, 3.8) is 0 Å². The molecule has 0 radical (unpaired) electrons. The standard InChI is InChI=1S/C22H31N3O2S/c1-3-21(26)23-19-8-10-20(11-9-19)28(4-2)25-16-12-18(13-17-25)22(27)24-14-6-5-7-15-24/h3-4,8-11,18H,1,5-7,12-17H2,2H3,(H,23,26). The highest BCUT2D eigenvalue weighted by Crippen LogP contribution is 2.35. The summed E-state index contributed by atoms with van der Waals surface area (Å²) in [6.07, 6.45) is 6.73. The van der Waals surface area contributed by atoms with Crippen molar-refractivity contribution in [2.45, 2.75) is 43.9 Å². The molecule has 0 saturated carbocycles. The quantitative estimate of drug-likeness (QED) is 0.601. The fourth-order valence-corrected chi connectivity index (χ4v) is 5.86. The molecule has 28 heavy (non-hydrogen) atoms. The van der Waals surface area contributed by atoms with Crippen LogP contribution in [0, 0.1) is 5.92 Å². The molecule has 0 aliphatic carbocycles. The number of rotatable bonds is 5. The molecule has 0 aromatic heterocycles. The van der Waals surface area contributed by atoms with Gasteiger partial charge in [-0.05, 0) is 74.7 Å². The Kier molecular flexibility index (Phi) is 7.45. The van der Waals surface area contributed by atoms with E-state index in [2.05, 4.69) is 45.5 Å². The predicted molar refractivity (Wildman–Crippen MR) is 118 cm³/mol. The Morgan fingerprint density at radius 1 is 1.07 bits per heavy atom. The van der Waals surface area contributed by atoms with Gasteiger partial charge in [0.15, 0.2) is 0 Å². The average Bonchev–Trinajstić information content (AvgIpc) is 2.76. The van der Waals surface area contributed by atoms with Crippen LogP contribution in [0.5, 0.6) is 0 Å².